The molecule has 8 nitrogen and oxygen atoms in total. The highest BCUT2D eigenvalue weighted by molar-refractivity contribution is 7.92. The van der Waals surface area contributed by atoms with Crippen LogP contribution in [0.15, 0.2) is 102 Å². The average Bonchev–Trinajstić information content (AvgIpc) is 3.05. The zero-order valence-electron chi connectivity index (χ0n) is 28.1. The van der Waals surface area contributed by atoms with E-state index in [2.05, 4.69) is 5.32 Å². The molecular weight excluding hydrogens is 611 g/mol. The van der Waals surface area contributed by atoms with E-state index in [9.17, 15) is 18.0 Å². The normalized spacial score (nSPS) is 12.0. The van der Waals surface area contributed by atoms with Gasteiger partial charge in [-0.3, -0.25) is 13.9 Å². The van der Waals surface area contributed by atoms with Gasteiger partial charge in [0.15, 0.2) is 0 Å². The smallest absolute Gasteiger partial charge is 0.264 e. The summed E-state index contributed by atoms with van der Waals surface area (Å²) in [6.45, 7) is 9.70. The number of ether oxygens (including phenoxy) is 1. The van der Waals surface area contributed by atoms with Crippen molar-refractivity contribution >= 4 is 27.5 Å². The van der Waals surface area contributed by atoms with Crippen LogP contribution >= 0.6 is 0 Å². The van der Waals surface area contributed by atoms with E-state index in [1.807, 2.05) is 95.3 Å². The molecule has 0 bridgehead atoms. The van der Waals surface area contributed by atoms with Crippen molar-refractivity contribution in [3.8, 4) is 5.75 Å². The van der Waals surface area contributed by atoms with Crippen molar-refractivity contribution in [3.05, 3.63) is 125 Å². The fourth-order valence-electron chi connectivity index (χ4n) is 5.21. The minimum Gasteiger partial charge on any atom is -0.495 e. The van der Waals surface area contributed by atoms with Gasteiger partial charge in [-0.1, -0.05) is 97.8 Å². The summed E-state index contributed by atoms with van der Waals surface area (Å²) in [6.07, 6.45) is 0.251. The molecule has 0 unspecified atom stereocenters. The first-order valence-corrected chi connectivity index (χ1v) is 17.2. The van der Waals surface area contributed by atoms with Crippen LogP contribution in [0.5, 0.6) is 5.75 Å². The maximum atomic E-state index is 14.7. The number of hydrogen-bond acceptors (Lipinski definition) is 5. The van der Waals surface area contributed by atoms with Gasteiger partial charge in [-0.25, -0.2) is 8.42 Å². The summed E-state index contributed by atoms with van der Waals surface area (Å²) in [4.78, 5) is 30.2. The van der Waals surface area contributed by atoms with Crippen LogP contribution in [-0.2, 0) is 32.6 Å². The molecule has 47 heavy (non-hydrogen) atoms. The minimum absolute atomic E-state index is 0.0417. The highest BCUT2D eigenvalue weighted by Crippen LogP contribution is 2.34. The Morgan fingerprint density at radius 1 is 0.787 bits per heavy atom. The highest BCUT2D eigenvalue weighted by atomic mass is 32.2. The van der Waals surface area contributed by atoms with Gasteiger partial charge in [0.25, 0.3) is 10.0 Å². The number of hydrogen-bond donors (Lipinski definition) is 1. The van der Waals surface area contributed by atoms with E-state index in [1.165, 1.54) is 24.1 Å². The molecule has 4 rings (SSSR count). The van der Waals surface area contributed by atoms with Crippen LogP contribution in [0.3, 0.4) is 0 Å². The number of amides is 2. The number of carbonyl (C=O) groups is 2. The van der Waals surface area contributed by atoms with Gasteiger partial charge in [-0.2, -0.15) is 0 Å². The summed E-state index contributed by atoms with van der Waals surface area (Å²) in [5, 5.41) is 3.02. The molecule has 0 spiro atoms. The molecule has 0 aliphatic rings. The Bertz CT molecular complexity index is 1760. The molecule has 1 atom stereocenters. The largest absolute Gasteiger partial charge is 0.495 e. The van der Waals surface area contributed by atoms with Gasteiger partial charge in [0.05, 0.1) is 17.7 Å². The highest BCUT2D eigenvalue weighted by Gasteiger charge is 2.35. The number of aryl methyl sites for hydroxylation is 3. The molecule has 0 aliphatic heterocycles. The molecule has 0 saturated heterocycles. The van der Waals surface area contributed by atoms with Crippen LogP contribution in [0, 0.1) is 26.7 Å². The Kier molecular flexibility index (Phi) is 11.8. The van der Waals surface area contributed by atoms with E-state index in [4.69, 9.17) is 4.74 Å². The van der Waals surface area contributed by atoms with Crippen molar-refractivity contribution in [1.29, 1.82) is 0 Å². The molecule has 0 radical (unpaired) electrons. The molecule has 0 heterocycles. The lowest BCUT2D eigenvalue weighted by Crippen LogP contribution is -2.53. The van der Waals surface area contributed by atoms with Crippen molar-refractivity contribution in [2.24, 2.45) is 5.92 Å². The average molecular weight is 656 g/mol. The molecule has 9 heteroatoms. The van der Waals surface area contributed by atoms with Gasteiger partial charge >= 0.3 is 0 Å². The van der Waals surface area contributed by atoms with E-state index in [0.717, 1.165) is 32.1 Å². The summed E-state index contributed by atoms with van der Waals surface area (Å²) in [5.74, 6) is -0.323. The zero-order valence-corrected chi connectivity index (χ0v) is 28.9. The van der Waals surface area contributed by atoms with Crippen molar-refractivity contribution in [2.75, 3.05) is 24.5 Å². The van der Waals surface area contributed by atoms with Crippen LogP contribution in [0.1, 0.15) is 41.7 Å². The van der Waals surface area contributed by atoms with E-state index < -0.39 is 28.5 Å². The Labute approximate surface area is 279 Å². The number of anilines is 1. The van der Waals surface area contributed by atoms with E-state index in [1.54, 1.807) is 24.3 Å². The van der Waals surface area contributed by atoms with E-state index in [0.29, 0.717) is 12.3 Å². The van der Waals surface area contributed by atoms with Gasteiger partial charge in [0.2, 0.25) is 11.8 Å². The number of rotatable bonds is 14. The summed E-state index contributed by atoms with van der Waals surface area (Å²) in [6, 6.07) is 28.1. The predicted molar refractivity (Wildman–Crippen MR) is 187 cm³/mol. The van der Waals surface area contributed by atoms with Gasteiger partial charge < -0.3 is 15.0 Å². The number of methoxy groups -OCH3 is 1. The predicted octanol–water partition coefficient (Wildman–Crippen LogP) is 6.23. The van der Waals surface area contributed by atoms with Crippen LogP contribution in [0.25, 0.3) is 0 Å². The number of carbonyl (C=O) groups excluding carboxylic acids is 2. The number of sulfonamides is 1. The van der Waals surface area contributed by atoms with E-state index >= 15 is 0 Å². The van der Waals surface area contributed by atoms with Crippen molar-refractivity contribution < 1.29 is 22.7 Å². The third-order valence-electron chi connectivity index (χ3n) is 7.92. The van der Waals surface area contributed by atoms with Gasteiger partial charge in [-0.05, 0) is 67.6 Å². The lowest BCUT2D eigenvalue weighted by Gasteiger charge is -2.34. The monoisotopic (exact) mass is 655 g/mol. The molecule has 2 amide bonds. The van der Waals surface area contributed by atoms with Crippen LogP contribution in [0.2, 0.25) is 0 Å². The number of nitrogens with zero attached hydrogens (tertiary/aromatic N) is 2. The first kappa shape index (κ1) is 35.2. The molecule has 4 aromatic carbocycles. The quantitative estimate of drug-likeness (QED) is 0.174. The lowest BCUT2D eigenvalue weighted by molar-refractivity contribution is -0.140. The summed E-state index contributed by atoms with van der Waals surface area (Å²) >= 11 is 0. The second kappa shape index (κ2) is 15.8. The molecule has 0 saturated carbocycles. The minimum atomic E-state index is -4.25. The van der Waals surface area contributed by atoms with Crippen LogP contribution in [-0.4, -0.2) is 51.4 Å². The standard InChI is InChI=1S/C38H45N3O5S/c1-27(2)24-39-38(43)35(23-31-10-8-7-9-11-31)40(25-32-17-12-28(3)13-18-32)37(42)26-41(34-22-30(5)16-21-36(34)46-6)47(44,45)33-19-14-29(4)15-20-33/h7-22,27,35H,23-26H2,1-6H3,(H,39,43)/t35-/m1/s1. The summed E-state index contributed by atoms with van der Waals surface area (Å²) in [7, 11) is -2.78. The van der Waals surface area contributed by atoms with Crippen LogP contribution in [0.4, 0.5) is 5.69 Å². The Balaban J connectivity index is 1.84. The van der Waals surface area contributed by atoms with Gasteiger partial charge in [0, 0.05) is 19.5 Å². The molecule has 0 aliphatic carbocycles. The van der Waals surface area contributed by atoms with Crippen molar-refractivity contribution in [1.82, 2.24) is 10.2 Å². The Morgan fingerprint density at radius 2 is 1.38 bits per heavy atom. The third kappa shape index (κ3) is 9.23. The van der Waals surface area contributed by atoms with Gasteiger partial charge in [0.1, 0.15) is 18.3 Å². The molecule has 1 N–H and O–H groups in total. The first-order chi connectivity index (χ1) is 22.4. The first-order valence-electron chi connectivity index (χ1n) is 15.8. The molecular formula is C38H45N3O5S. The SMILES string of the molecule is COc1ccc(C)cc1N(CC(=O)N(Cc1ccc(C)cc1)[C@H](Cc1ccccc1)C(=O)NCC(C)C)S(=O)(=O)c1ccc(C)cc1. The van der Waals surface area contributed by atoms with Crippen LogP contribution < -0.4 is 14.4 Å². The van der Waals surface area contributed by atoms with Crippen molar-refractivity contribution in [3.63, 3.8) is 0 Å². The second-order valence-corrected chi connectivity index (χ2v) is 14.2. The second-order valence-electron chi connectivity index (χ2n) is 12.4. The maximum Gasteiger partial charge on any atom is 0.264 e. The lowest BCUT2D eigenvalue weighted by atomic mass is 10.0. The fraction of sp³-hybridized carbons (Fsp3) is 0.316. The topological polar surface area (TPSA) is 96.0 Å². The number of nitrogens with one attached hydrogen (secondary N) is 1. The fourth-order valence-corrected chi connectivity index (χ4v) is 6.63. The molecule has 0 fully saturated rings. The van der Waals surface area contributed by atoms with E-state index in [-0.39, 0.29) is 35.4 Å². The van der Waals surface area contributed by atoms with Crippen molar-refractivity contribution in [2.45, 2.75) is 58.5 Å². The summed E-state index contributed by atoms with van der Waals surface area (Å²) in [5.41, 5.74) is 4.69. The maximum absolute atomic E-state index is 14.7. The third-order valence-corrected chi connectivity index (χ3v) is 9.69. The zero-order chi connectivity index (χ0) is 34.1. The molecule has 0 aromatic heterocycles. The van der Waals surface area contributed by atoms with Gasteiger partial charge in [-0.15, -0.1) is 0 Å². The Hall–Kier alpha value is -4.63. The molecule has 248 valence electrons. The molecule has 4 aromatic rings. The summed E-state index contributed by atoms with van der Waals surface area (Å²) < 4.78 is 35.4. The Morgan fingerprint density at radius 3 is 1.98 bits per heavy atom. The number of benzene rings is 4.